The summed E-state index contributed by atoms with van der Waals surface area (Å²) in [5, 5.41) is 3.81. The number of halogens is 1. The topological polar surface area (TPSA) is 38.3 Å². The van der Waals surface area contributed by atoms with Gasteiger partial charge in [-0.25, -0.2) is 0 Å². The Morgan fingerprint density at radius 1 is 1.50 bits per heavy atom. The Labute approximate surface area is 101 Å². The highest BCUT2D eigenvalue weighted by atomic mass is 35.5. The van der Waals surface area contributed by atoms with Crippen molar-refractivity contribution >= 4 is 23.3 Å². The molecular formula is C12H16ClNO2. The lowest BCUT2D eigenvalue weighted by molar-refractivity contribution is -0.142. The van der Waals surface area contributed by atoms with Crippen molar-refractivity contribution in [1.82, 2.24) is 0 Å². The van der Waals surface area contributed by atoms with E-state index >= 15 is 0 Å². The minimum Gasteiger partial charge on any atom is -0.466 e. The van der Waals surface area contributed by atoms with Gasteiger partial charge in [0.15, 0.2) is 0 Å². The predicted octanol–water partition coefficient (Wildman–Crippen LogP) is 3.01. The molecule has 88 valence electrons. The van der Waals surface area contributed by atoms with E-state index in [9.17, 15) is 4.79 Å². The van der Waals surface area contributed by atoms with E-state index in [0.717, 1.165) is 11.3 Å². The number of carbonyl (C=O) groups excluding carboxylic acids is 1. The molecule has 1 N–H and O–H groups in total. The Bertz CT molecular complexity index is 346. The second-order valence-electron chi connectivity index (χ2n) is 3.41. The number of para-hydroxylation sites is 1. The van der Waals surface area contributed by atoms with Gasteiger partial charge in [0.25, 0.3) is 0 Å². The Morgan fingerprint density at radius 2 is 2.25 bits per heavy atom. The van der Waals surface area contributed by atoms with E-state index in [1.165, 1.54) is 0 Å². The lowest BCUT2D eigenvalue weighted by atomic mass is 10.2. The monoisotopic (exact) mass is 241 g/mol. The van der Waals surface area contributed by atoms with Gasteiger partial charge in [-0.3, -0.25) is 4.79 Å². The van der Waals surface area contributed by atoms with Crippen LogP contribution in [0.15, 0.2) is 18.2 Å². The molecule has 1 aromatic rings. The summed E-state index contributed by atoms with van der Waals surface area (Å²) >= 11 is 6.03. The van der Waals surface area contributed by atoms with Crippen LogP contribution in [0.3, 0.4) is 0 Å². The zero-order valence-corrected chi connectivity index (χ0v) is 10.3. The summed E-state index contributed by atoms with van der Waals surface area (Å²) in [5.41, 5.74) is 1.95. The number of ether oxygens (including phenoxy) is 1. The minimum atomic E-state index is -0.195. The largest absolute Gasteiger partial charge is 0.466 e. The first-order valence-electron chi connectivity index (χ1n) is 5.29. The molecule has 3 nitrogen and oxygen atoms in total. The molecule has 0 saturated heterocycles. The first-order chi connectivity index (χ1) is 7.65. The third-order valence-electron chi connectivity index (χ3n) is 2.16. The minimum absolute atomic E-state index is 0.195. The molecule has 0 aliphatic carbocycles. The zero-order valence-electron chi connectivity index (χ0n) is 9.55. The average Bonchev–Trinajstić information content (AvgIpc) is 2.23. The molecule has 1 aromatic carbocycles. The van der Waals surface area contributed by atoms with E-state index in [0.29, 0.717) is 24.6 Å². The van der Waals surface area contributed by atoms with Gasteiger partial charge in [-0.1, -0.05) is 23.7 Å². The summed E-state index contributed by atoms with van der Waals surface area (Å²) in [6, 6.07) is 5.69. The standard InChI is InChI=1S/C12H16ClNO2/c1-3-16-11(15)7-8-14-12-9(2)5-4-6-10(12)13/h4-6,14H,3,7-8H2,1-2H3. The van der Waals surface area contributed by atoms with Gasteiger partial charge >= 0.3 is 5.97 Å². The molecule has 0 spiro atoms. The molecule has 0 aliphatic rings. The number of anilines is 1. The predicted molar refractivity (Wildman–Crippen MR) is 65.9 cm³/mol. The summed E-state index contributed by atoms with van der Waals surface area (Å²) in [5.74, 6) is -0.195. The van der Waals surface area contributed by atoms with Crippen molar-refractivity contribution in [2.75, 3.05) is 18.5 Å². The van der Waals surface area contributed by atoms with Crippen molar-refractivity contribution in [3.8, 4) is 0 Å². The Balaban J connectivity index is 2.46. The van der Waals surface area contributed by atoms with Gasteiger partial charge in [-0.15, -0.1) is 0 Å². The maximum atomic E-state index is 11.1. The van der Waals surface area contributed by atoms with Crippen LogP contribution in [0.4, 0.5) is 5.69 Å². The van der Waals surface area contributed by atoms with Crippen molar-refractivity contribution in [3.05, 3.63) is 28.8 Å². The highest BCUT2D eigenvalue weighted by molar-refractivity contribution is 6.33. The summed E-state index contributed by atoms with van der Waals surface area (Å²) < 4.78 is 4.83. The molecule has 0 atom stereocenters. The van der Waals surface area contributed by atoms with Crippen molar-refractivity contribution in [2.45, 2.75) is 20.3 Å². The van der Waals surface area contributed by atoms with Crippen molar-refractivity contribution in [3.63, 3.8) is 0 Å². The third-order valence-corrected chi connectivity index (χ3v) is 2.47. The molecule has 16 heavy (non-hydrogen) atoms. The van der Waals surface area contributed by atoms with Crippen molar-refractivity contribution in [2.24, 2.45) is 0 Å². The molecule has 0 bridgehead atoms. The summed E-state index contributed by atoms with van der Waals surface area (Å²) in [6.07, 6.45) is 0.346. The number of carbonyl (C=O) groups is 1. The normalized spacial score (nSPS) is 9.94. The van der Waals surface area contributed by atoms with Gasteiger partial charge in [0.1, 0.15) is 0 Å². The fraction of sp³-hybridized carbons (Fsp3) is 0.417. The van der Waals surface area contributed by atoms with E-state index in [2.05, 4.69) is 5.32 Å². The van der Waals surface area contributed by atoms with Crippen LogP contribution < -0.4 is 5.32 Å². The molecule has 0 amide bonds. The molecule has 1 rings (SSSR count). The molecule has 0 heterocycles. The summed E-state index contributed by atoms with van der Waals surface area (Å²) in [4.78, 5) is 11.1. The number of nitrogens with one attached hydrogen (secondary N) is 1. The van der Waals surface area contributed by atoms with Crippen LogP contribution in [0, 0.1) is 6.92 Å². The van der Waals surface area contributed by atoms with Crippen LogP contribution in [0.2, 0.25) is 5.02 Å². The molecule has 0 aromatic heterocycles. The van der Waals surface area contributed by atoms with Gasteiger partial charge in [-0.05, 0) is 25.5 Å². The van der Waals surface area contributed by atoms with E-state index in [1.54, 1.807) is 6.92 Å². The molecule has 0 aliphatic heterocycles. The maximum Gasteiger partial charge on any atom is 0.307 e. The summed E-state index contributed by atoms with van der Waals surface area (Å²) in [7, 11) is 0. The fourth-order valence-corrected chi connectivity index (χ4v) is 1.67. The number of hydrogen-bond donors (Lipinski definition) is 1. The lowest BCUT2D eigenvalue weighted by Crippen LogP contribution is -2.12. The molecular weight excluding hydrogens is 226 g/mol. The highest BCUT2D eigenvalue weighted by Crippen LogP contribution is 2.24. The Kier molecular flexibility index (Phi) is 5.12. The van der Waals surface area contributed by atoms with Gasteiger partial charge in [0, 0.05) is 6.54 Å². The fourth-order valence-electron chi connectivity index (χ4n) is 1.38. The smallest absolute Gasteiger partial charge is 0.307 e. The van der Waals surface area contributed by atoms with Crippen LogP contribution >= 0.6 is 11.6 Å². The van der Waals surface area contributed by atoms with Gasteiger partial charge in [0.2, 0.25) is 0 Å². The van der Waals surface area contributed by atoms with E-state index in [1.807, 2.05) is 25.1 Å². The third kappa shape index (κ3) is 3.74. The SMILES string of the molecule is CCOC(=O)CCNc1c(C)cccc1Cl. The molecule has 0 fully saturated rings. The van der Waals surface area contributed by atoms with Gasteiger partial charge in [0.05, 0.1) is 23.7 Å². The van der Waals surface area contributed by atoms with Crippen LogP contribution in [0.25, 0.3) is 0 Å². The highest BCUT2D eigenvalue weighted by Gasteiger charge is 2.05. The zero-order chi connectivity index (χ0) is 12.0. The quantitative estimate of drug-likeness (QED) is 0.806. The lowest BCUT2D eigenvalue weighted by Gasteiger charge is -2.10. The Morgan fingerprint density at radius 3 is 2.88 bits per heavy atom. The van der Waals surface area contributed by atoms with Crippen LogP contribution in [-0.4, -0.2) is 19.1 Å². The van der Waals surface area contributed by atoms with Gasteiger partial charge in [-0.2, -0.15) is 0 Å². The number of rotatable bonds is 5. The average molecular weight is 242 g/mol. The molecule has 0 unspecified atom stereocenters. The van der Waals surface area contributed by atoms with E-state index in [-0.39, 0.29) is 5.97 Å². The van der Waals surface area contributed by atoms with Crippen molar-refractivity contribution < 1.29 is 9.53 Å². The van der Waals surface area contributed by atoms with E-state index < -0.39 is 0 Å². The number of benzene rings is 1. The molecule has 4 heteroatoms. The molecule has 0 radical (unpaired) electrons. The summed E-state index contributed by atoms with van der Waals surface area (Å²) in [6.45, 7) is 4.72. The van der Waals surface area contributed by atoms with E-state index in [4.69, 9.17) is 16.3 Å². The first-order valence-corrected chi connectivity index (χ1v) is 5.67. The van der Waals surface area contributed by atoms with Crippen LogP contribution in [0.1, 0.15) is 18.9 Å². The van der Waals surface area contributed by atoms with Gasteiger partial charge < -0.3 is 10.1 Å². The number of hydrogen-bond acceptors (Lipinski definition) is 3. The van der Waals surface area contributed by atoms with Crippen LogP contribution in [0.5, 0.6) is 0 Å². The van der Waals surface area contributed by atoms with Crippen molar-refractivity contribution in [1.29, 1.82) is 0 Å². The maximum absolute atomic E-state index is 11.1. The number of esters is 1. The Hall–Kier alpha value is -1.22. The number of aryl methyl sites for hydroxylation is 1. The second kappa shape index (κ2) is 6.38. The van der Waals surface area contributed by atoms with Crippen LogP contribution in [-0.2, 0) is 9.53 Å². The first kappa shape index (κ1) is 12.8. The molecule has 0 saturated carbocycles. The second-order valence-corrected chi connectivity index (χ2v) is 3.82.